The van der Waals surface area contributed by atoms with Gasteiger partial charge in [0.05, 0.1) is 0 Å². The maximum atomic E-state index is 3.43. The van der Waals surface area contributed by atoms with Crippen LogP contribution in [0, 0.1) is 6.42 Å². The molecule has 0 saturated carbocycles. The first kappa shape index (κ1) is 9.47. The van der Waals surface area contributed by atoms with Gasteiger partial charge in [-0.1, -0.05) is 6.42 Å². The van der Waals surface area contributed by atoms with Crippen molar-refractivity contribution in [2.45, 2.75) is 38.1 Å². The van der Waals surface area contributed by atoms with Crippen LogP contribution in [0.25, 0.3) is 0 Å². The van der Waals surface area contributed by atoms with Crippen LogP contribution >= 0.6 is 0 Å². The summed E-state index contributed by atoms with van der Waals surface area (Å²) in [4.78, 5) is 2.69. The topological polar surface area (TPSA) is 15.3 Å². The molecular weight excluding hydrogens is 160 g/mol. The third-order valence-corrected chi connectivity index (χ3v) is 3.29. The Kier molecular flexibility index (Phi) is 3.62. The summed E-state index contributed by atoms with van der Waals surface area (Å²) in [6.45, 7) is 5.02. The highest BCUT2D eigenvalue weighted by Crippen LogP contribution is 2.17. The minimum absolute atomic E-state index is 0.871. The van der Waals surface area contributed by atoms with Gasteiger partial charge in [0.15, 0.2) is 0 Å². The Morgan fingerprint density at radius 2 is 2.00 bits per heavy atom. The van der Waals surface area contributed by atoms with Gasteiger partial charge < -0.3 is 10.2 Å². The largest absolute Gasteiger partial charge is 0.317 e. The molecule has 2 heterocycles. The van der Waals surface area contributed by atoms with Gasteiger partial charge in [-0.05, 0) is 51.7 Å². The molecule has 1 radical (unpaired) electrons. The molecule has 75 valence electrons. The number of piperidine rings is 1. The van der Waals surface area contributed by atoms with Gasteiger partial charge in [0, 0.05) is 12.6 Å². The molecule has 0 spiro atoms. The smallest absolute Gasteiger partial charge is 0.0119 e. The van der Waals surface area contributed by atoms with E-state index in [0.29, 0.717) is 0 Å². The molecule has 0 unspecified atom stereocenters. The van der Waals surface area contributed by atoms with Crippen molar-refractivity contribution in [2.24, 2.45) is 0 Å². The lowest BCUT2D eigenvalue weighted by Gasteiger charge is -2.33. The fourth-order valence-electron chi connectivity index (χ4n) is 2.46. The van der Waals surface area contributed by atoms with Crippen molar-refractivity contribution in [2.75, 3.05) is 26.2 Å². The second-order valence-corrected chi connectivity index (χ2v) is 4.26. The van der Waals surface area contributed by atoms with Crippen molar-refractivity contribution < 1.29 is 0 Å². The molecule has 2 aliphatic rings. The van der Waals surface area contributed by atoms with E-state index in [1.54, 1.807) is 0 Å². The molecule has 0 aliphatic carbocycles. The van der Waals surface area contributed by atoms with Crippen LogP contribution in [0.1, 0.15) is 32.1 Å². The van der Waals surface area contributed by atoms with Crippen LogP contribution in [0.3, 0.4) is 0 Å². The lowest BCUT2D eigenvalue weighted by atomic mass is 10.0. The zero-order chi connectivity index (χ0) is 8.93. The Morgan fingerprint density at radius 1 is 1.15 bits per heavy atom. The number of likely N-dealkylation sites (tertiary alicyclic amines) is 1. The van der Waals surface area contributed by atoms with Gasteiger partial charge in [-0.15, -0.1) is 0 Å². The van der Waals surface area contributed by atoms with Crippen molar-refractivity contribution in [3.05, 3.63) is 6.42 Å². The monoisotopic (exact) mass is 181 g/mol. The van der Waals surface area contributed by atoms with Gasteiger partial charge in [-0.2, -0.15) is 0 Å². The summed E-state index contributed by atoms with van der Waals surface area (Å²) in [7, 11) is 0. The van der Waals surface area contributed by atoms with Crippen molar-refractivity contribution in [1.82, 2.24) is 10.2 Å². The molecule has 1 N–H and O–H groups in total. The fraction of sp³-hybridized carbons (Fsp3) is 0.909. The van der Waals surface area contributed by atoms with E-state index in [0.717, 1.165) is 6.04 Å². The molecule has 0 aromatic heterocycles. The van der Waals surface area contributed by atoms with Gasteiger partial charge in [0.1, 0.15) is 0 Å². The van der Waals surface area contributed by atoms with Crippen LogP contribution in [0.5, 0.6) is 0 Å². The highest BCUT2D eigenvalue weighted by molar-refractivity contribution is 4.83. The highest BCUT2D eigenvalue weighted by Gasteiger charge is 2.21. The third kappa shape index (κ3) is 2.68. The Morgan fingerprint density at radius 3 is 2.85 bits per heavy atom. The van der Waals surface area contributed by atoms with E-state index in [1.807, 2.05) is 0 Å². The van der Waals surface area contributed by atoms with E-state index in [1.165, 1.54) is 58.3 Å². The molecule has 13 heavy (non-hydrogen) atoms. The zero-order valence-electron chi connectivity index (χ0n) is 8.47. The molecule has 0 bridgehead atoms. The van der Waals surface area contributed by atoms with E-state index in [2.05, 4.69) is 16.6 Å². The van der Waals surface area contributed by atoms with E-state index < -0.39 is 0 Å². The molecule has 2 saturated heterocycles. The normalized spacial score (nSPS) is 28.6. The number of hydrogen-bond acceptors (Lipinski definition) is 2. The van der Waals surface area contributed by atoms with Gasteiger partial charge >= 0.3 is 0 Å². The van der Waals surface area contributed by atoms with Crippen LogP contribution in [-0.2, 0) is 0 Å². The maximum Gasteiger partial charge on any atom is 0.0119 e. The molecule has 0 aromatic carbocycles. The first-order chi connectivity index (χ1) is 6.47. The first-order valence-electron chi connectivity index (χ1n) is 5.73. The summed E-state index contributed by atoms with van der Waals surface area (Å²) in [6, 6.07) is 0.871. The summed E-state index contributed by atoms with van der Waals surface area (Å²) >= 11 is 0. The molecule has 2 heteroatoms. The molecule has 2 nitrogen and oxygen atoms in total. The lowest BCUT2D eigenvalue weighted by molar-refractivity contribution is 0.178. The minimum Gasteiger partial charge on any atom is -0.317 e. The minimum atomic E-state index is 0.871. The number of rotatable bonds is 1. The highest BCUT2D eigenvalue weighted by atomic mass is 15.2. The second kappa shape index (κ2) is 4.97. The van der Waals surface area contributed by atoms with E-state index in [4.69, 9.17) is 0 Å². The summed E-state index contributed by atoms with van der Waals surface area (Å²) in [5, 5.41) is 3.43. The Bertz CT molecular complexity index is 133. The molecular formula is C11H21N2. The second-order valence-electron chi connectivity index (χ2n) is 4.26. The molecule has 2 aliphatic heterocycles. The van der Waals surface area contributed by atoms with Gasteiger partial charge in [0.25, 0.3) is 0 Å². The van der Waals surface area contributed by atoms with Crippen LogP contribution in [0.15, 0.2) is 0 Å². The Labute approximate surface area is 81.7 Å². The zero-order valence-corrected chi connectivity index (χ0v) is 8.47. The predicted octanol–water partition coefficient (Wildman–Crippen LogP) is 1.43. The van der Waals surface area contributed by atoms with Crippen molar-refractivity contribution in [3.8, 4) is 0 Å². The Hall–Kier alpha value is -0.0800. The standard InChI is InChI=1S/C11H21N2/c1-2-4-10-13(9-3-1)11-5-7-12-8-6-11/h3,11-12H,1-2,4-10H2. The summed E-state index contributed by atoms with van der Waals surface area (Å²) in [5.74, 6) is 0. The van der Waals surface area contributed by atoms with Gasteiger partial charge in [-0.3, -0.25) is 0 Å². The fourth-order valence-corrected chi connectivity index (χ4v) is 2.46. The van der Waals surface area contributed by atoms with Crippen molar-refractivity contribution in [1.29, 1.82) is 0 Å². The van der Waals surface area contributed by atoms with E-state index in [-0.39, 0.29) is 0 Å². The predicted molar refractivity (Wildman–Crippen MR) is 55.6 cm³/mol. The van der Waals surface area contributed by atoms with Crippen molar-refractivity contribution in [3.63, 3.8) is 0 Å². The Balaban J connectivity index is 1.82. The number of nitrogens with zero attached hydrogens (tertiary/aromatic N) is 1. The quantitative estimate of drug-likeness (QED) is 0.658. The SMILES string of the molecule is [CH]1CCCCN(C2CCNCC2)C1. The van der Waals surface area contributed by atoms with E-state index >= 15 is 0 Å². The maximum absolute atomic E-state index is 3.43. The molecule has 0 atom stereocenters. The lowest BCUT2D eigenvalue weighted by Crippen LogP contribution is -2.43. The van der Waals surface area contributed by atoms with Crippen molar-refractivity contribution >= 4 is 0 Å². The summed E-state index contributed by atoms with van der Waals surface area (Å²) in [6.07, 6.45) is 9.32. The van der Waals surface area contributed by atoms with Crippen LogP contribution in [0.2, 0.25) is 0 Å². The van der Waals surface area contributed by atoms with E-state index in [9.17, 15) is 0 Å². The average molecular weight is 181 g/mol. The third-order valence-electron chi connectivity index (χ3n) is 3.29. The molecule has 0 aromatic rings. The molecule has 2 fully saturated rings. The van der Waals surface area contributed by atoms with Gasteiger partial charge in [0.2, 0.25) is 0 Å². The molecule has 2 rings (SSSR count). The summed E-state index contributed by atoms with van der Waals surface area (Å²) in [5.41, 5.74) is 0. The van der Waals surface area contributed by atoms with Crippen LogP contribution in [-0.4, -0.2) is 37.1 Å². The van der Waals surface area contributed by atoms with Crippen LogP contribution in [0.4, 0.5) is 0 Å². The summed E-state index contributed by atoms with van der Waals surface area (Å²) < 4.78 is 0. The van der Waals surface area contributed by atoms with Crippen LogP contribution < -0.4 is 5.32 Å². The number of nitrogens with one attached hydrogen (secondary N) is 1. The van der Waals surface area contributed by atoms with Gasteiger partial charge in [-0.25, -0.2) is 0 Å². The average Bonchev–Trinajstić information content (AvgIpc) is 2.47. The first-order valence-corrected chi connectivity index (χ1v) is 5.73. The molecule has 0 amide bonds. The number of hydrogen-bond donors (Lipinski definition) is 1.